The third kappa shape index (κ3) is 8.32. The summed E-state index contributed by atoms with van der Waals surface area (Å²) in [5, 5.41) is 35.0. The van der Waals surface area contributed by atoms with Crippen molar-refractivity contribution in [2.24, 2.45) is 11.7 Å². The molecule has 0 aliphatic rings. The maximum atomic E-state index is 12.4. The van der Waals surface area contributed by atoms with Crippen molar-refractivity contribution in [3.8, 4) is 0 Å². The van der Waals surface area contributed by atoms with Gasteiger partial charge in [0, 0.05) is 6.42 Å². The molecule has 11 heteroatoms. The fourth-order valence-corrected chi connectivity index (χ4v) is 2.55. The quantitative estimate of drug-likeness (QED) is 0.190. The number of aliphatic hydroxyl groups is 2. The third-order valence-corrected chi connectivity index (χ3v) is 4.55. The van der Waals surface area contributed by atoms with Gasteiger partial charge in [0.1, 0.15) is 18.1 Å². The Kier molecular flexibility index (Phi) is 10.6. The van der Waals surface area contributed by atoms with Gasteiger partial charge in [-0.15, -0.1) is 0 Å². The molecule has 1 aromatic rings. The van der Waals surface area contributed by atoms with Gasteiger partial charge >= 0.3 is 5.97 Å². The molecule has 3 amide bonds. The van der Waals surface area contributed by atoms with Crippen molar-refractivity contribution in [3.63, 3.8) is 0 Å². The predicted molar refractivity (Wildman–Crippen MR) is 111 cm³/mol. The Morgan fingerprint density at radius 3 is 1.71 bits per heavy atom. The minimum absolute atomic E-state index is 0.00355. The summed E-state index contributed by atoms with van der Waals surface area (Å²) in [6.45, 7) is 1.82. The van der Waals surface area contributed by atoms with E-state index in [1.807, 2.05) is 0 Å². The van der Waals surface area contributed by atoms with E-state index in [0.717, 1.165) is 0 Å². The second kappa shape index (κ2) is 12.6. The summed E-state index contributed by atoms with van der Waals surface area (Å²) >= 11 is 0. The van der Waals surface area contributed by atoms with E-state index in [1.54, 1.807) is 44.2 Å². The summed E-state index contributed by atoms with van der Waals surface area (Å²) in [6, 6.07) is 3.51. The van der Waals surface area contributed by atoms with Gasteiger partial charge in [0.05, 0.1) is 19.3 Å². The maximum absolute atomic E-state index is 12.4. The zero-order valence-corrected chi connectivity index (χ0v) is 17.4. The van der Waals surface area contributed by atoms with Gasteiger partial charge in [0.25, 0.3) is 0 Å². The number of aliphatic carboxylic acids is 1. The molecule has 11 nitrogen and oxygen atoms in total. The van der Waals surface area contributed by atoms with Crippen LogP contribution in [0.1, 0.15) is 19.4 Å². The second-order valence-corrected chi connectivity index (χ2v) is 7.35. The van der Waals surface area contributed by atoms with Crippen molar-refractivity contribution >= 4 is 23.7 Å². The molecule has 1 rings (SSSR count). The lowest BCUT2D eigenvalue weighted by molar-refractivity contribution is -0.142. The standard InChI is InChI=1S/C20H30N4O7/c1-11(2)16(21)19(29)24-15(10-26)18(28)23-14(9-25)17(27)22-13(20(30)31)8-12-6-4-3-5-7-12/h3-7,11,13-16,25-26H,8-10,21H2,1-2H3,(H,22,27)(H,23,28)(H,24,29)(H,30,31). The van der Waals surface area contributed by atoms with E-state index in [4.69, 9.17) is 5.73 Å². The number of carboxylic acid groups (broad SMARTS) is 1. The number of nitrogens with one attached hydrogen (secondary N) is 3. The number of rotatable bonds is 12. The fourth-order valence-electron chi connectivity index (χ4n) is 2.55. The average Bonchev–Trinajstić information content (AvgIpc) is 2.74. The van der Waals surface area contributed by atoms with Crippen LogP contribution in [0.15, 0.2) is 30.3 Å². The minimum atomic E-state index is -1.49. The molecule has 1 aromatic carbocycles. The Hall–Kier alpha value is -3.02. The van der Waals surface area contributed by atoms with Crippen molar-refractivity contribution in [2.75, 3.05) is 13.2 Å². The molecule has 0 aliphatic heterocycles. The van der Waals surface area contributed by atoms with E-state index in [-0.39, 0.29) is 12.3 Å². The Morgan fingerprint density at radius 1 is 0.839 bits per heavy atom. The van der Waals surface area contributed by atoms with Gasteiger partial charge in [-0.05, 0) is 11.5 Å². The molecule has 4 unspecified atom stereocenters. The summed E-state index contributed by atoms with van der Waals surface area (Å²) in [6.07, 6.45) is -0.00355. The van der Waals surface area contributed by atoms with E-state index in [9.17, 15) is 34.5 Å². The van der Waals surface area contributed by atoms with Crippen LogP contribution in [0.25, 0.3) is 0 Å². The van der Waals surface area contributed by atoms with E-state index in [1.165, 1.54) is 0 Å². The number of hydrogen-bond acceptors (Lipinski definition) is 7. The molecule has 0 saturated heterocycles. The molecule has 0 aromatic heterocycles. The Labute approximate surface area is 180 Å². The van der Waals surface area contributed by atoms with Crippen LogP contribution in [0, 0.1) is 5.92 Å². The molecular weight excluding hydrogens is 408 g/mol. The number of carboxylic acids is 1. The molecule has 4 atom stereocenters. The van der Waals surface area contributed by atoms with E-state index >= 15 is 0 Å². The summed E-state index contributed by atoms with van der Waals surface area (Å²) in [7, 11) is 0. The third-order valence-electron chi connectivity index (χ3n) is 4.55. The van der Waals surface area contributed by atoms with Crippen LogP contribution in [0.2, 0.25) is 0 Å². The minimum Gasteiger partial charge on any atom is -0.480 e. The zero-order chi connectivity index (χ0) is 23.6. The van der Waals surface area contributed by atoms with Crippen molar-refractivity contribution in [3.05, 3.63) is 35.9 Å². The van der Waals surface area contributed by atoms with Crippen LogP contribution in [0.5, 0.6) is 0 Å². The lowest BCUT2D eigenvalue weighted by Crippen LogP contribution is -2.59. The smallest absolute Gasteiger partial charge is 0.326 e. The first-order valence-corrected chi connectivity index (χ1v) is 9.75. The highest BCUT2D eigenvalue weighted by Crippen LogP contribution is 2.04. The number of carbonyl (C=O) groups excluding carboxylic acids is 3. The number of amides is 3. The normalized spacial score (nSPS) is 14.8. The largest absolute Gasteiger partial charge is 0.480 e. The molecule has 0 aliphatic carbocycles. The Balaban J connectivity index is 2.77. The summed E-state index contributed by atoms with van der Waals surface area (Å²) < 4.78 is 0. The number of nitrogens with two attached hydrogens (primary N) is 1. The zero-order valence-electron chi connectivity index (χ0n) is 17.4. The average molecular weight is 438 g/mol. The van der Waals surface area contributed by atoms with Crippen LogP contribution in [0.4, 0.5) is 0 Å². The first kappa shape index (κ1) is 26.0. The fraction of sp³-hybridized carbons (Fsp3) is 0.500. The van der Waals surface area contributed by atoms with E-state index in [0.29, 0.717) is 5.56 Å². The monoisotopic (exact) mass is 438 g/mol. The highest BCUT2D eigenvalue weighted by molar-refractivity contribution is 5.94. The van der Waals surface area contributed by atoms with Crippen LogP contribution in [-0.2, 0) is 25.6 Å². The molecule has 8 N–H and O–H groups in total. The first-order chi connectivity index (χ1) is 14.6. The molecular formula is C20H30N4O7. The lowest BCUT2D eigenvalue weighted by atomic mass is 10.0. The summed E-state index contributed by atoms with van der Waals surface area (Å²) in [5.74, 6) is -4.03. The number of aliphatic hydroxyl groups excluding tert-OH is 2. The molecule has 172 valence electrons. The lowest BCUT2D eigenvalue weighted by Gasteiger charge is -2.24. The second-order valence-electron chi connectivity index (χ2n) is 7.35. The van der Waals surface area contributed by atoms with Crippen molar-refractivity contribution in [1.29, 1.82) is 0 Å². The SMILES string of the molecule is CC(C)C(N)C(=O)NC(CO)C(=O)NC(CO)C(=O)NC(Cc1ccccc1)C(=O)O. The Bertz CT molecular complexity index is 757. The number of benzene rings is 1. The number of carbonyl (C=O) groups is 4. The predicted octanol–water partition coefficient (Wildman–Crippen LogP) is -2.26. The summed E-state index contributed by atoms with van der Waals surface area (Å²) in [4.78, 5) is 48.3. The maximum Gasteiger partial charge on any atom is 0.326 e. The van der Waals surface area contributed by atoms with Crippen LogP contribution < -0.4 is 21.7 Å². The molecule has 31 heavy (non-hydrogen) atoms. The van der Waals surface area contributed by atoms with Gasteiger partial charge in [-0.2, -0.15) is 0 Å². The first-order valence-electron chi connectivity index (χ1n) is 9.75. The highest BCUT2D eigenvalue weighted by atomic mass is 16.4. The molecule has 0 bridgehead atoms. The highest BCUT2D eigenvalue weighted by Gasteiger charge is 2.30. The summed E-state index contributed by atoms with van der Waals surface area (Å²) in [5.41, 5.74) is 6.37. The van der Waals surface area contributed by atoms with Crippen LogP contribution in [0.3, 0.4) is 0 Å². The van der Waals surface area contributed by atoms with Crippen molar-refractivity contribution in [1.82, 2.24) is 16.0 Å². The molecule has 0 fully saturated rings. The topological polar surface area (TPSA) is 191 Å². The van der Waals surface area contributed by atoms with Crippen molar-refractivity contribution < 1.29 is 34.5 Å². The van der Waals surface area contributed by atoms with Gasteiger partial charge in [0.15, 0.2) is 0 Å². The molecule has 0 saturated carbocycles. The van der Waals surface area contributed by atoms with Crippen molar-refractivity contribution in [2.45, 2.75) is 44.4 Å². The van der Waals surface area contributed by atoms with Gasteiger partial charge in [-0.1, -0.05) is 44.2 Å². The molecule has 0 radical (unpaired) electrons. The number of hydrogen-bond donors (Lipinski definition) is 7. The van der Waals surface area contributed by atoms with E-state index < -0.39 is 61.1 Å². The van der Waals surface area contributed by atoms with Gasteiger partial charge in [0.2, 0.25) is 17.7 Å². The van der Waals surface area contributed by atoms with Gasteiger partial charge in [-0.3, -0.25) is 14.4 Å². The molecule has 0 spiro atoms. The van der Waals surface area contributed by atoms with Gasteiger partial charge in [-0.25, -0.2) is 4.79 Å². The van der Waals surface area contributed by atoms with Gasteiger partial charge < -0.3 is 37.0 Å². The van der Waals surface area contributed by atoms with Crippen LogP contribution >= 0.6 is 0 Å². The van der Waals surface area contributed by atoms with E-state index in [2.05, 4.69) is 16.0 Å². The Morgan fingerprint density at radius 2 is 1.29 bits per heavy atom. The molecule has 0 heterocycles. The van der Waals surface area contributed by atoms with Crippen LogP contribution in [-0.4, -0.2) is 76.4 Å².